The average Bonchev–Trinajstić information content (AvgIpc) is 2.85. The molecule has 20 heavy (non-hydrogen) atoms. The zero-order valence-electron chi connectivity index (χ0n) is 10.4. The minimum absolute atomic E-state index is 0.00352. The van der Waals surface area contributed by atoms with Gasteiger partial charge < -0.3 is 10.7 Å². The molecule has 1 aromatic carbocycles. The quantitative estimate of drug-likeness (QED) is 0.564. The van der Waals surface area contributed by atoms with Gasteiger partial charge in [0.25, 0.3) is 0 Å². The smallest absolute Gasteiger partial charge is 0.170 e. The second-order valence-electron chi connectivity index (χ2n) is 4.41. The molecule has 0 aliphatic heterocycles. The maximum atomic E-state index is 13.8. The molecule has 0 spiro atoms. The number of anilines is 1. The first-order valence-corrected chi connectivity index (χ1v) is 6.00. The fourth-order valence-corrected chi connectivity index (χ4v) is 2.09. The van der Waals surface area contributed by atoms with E-state index < -0.39 is 5.82 Å². The molecule has 0 bridgehead atoms. The number of aromatic nitrogens is 3. The van der Waals surface area contributed by atoms with Gasteiger partial charge in [0.2, 0.25) is 0 Å². The number of carbonyl (C=O) groups is 1. The number of H-pyrrole nitrogens is 1. The van der Waals surface area contributed by atoms with E-state index in [1.54, 1.807) is 18.5 Å². The Balaban J connectivity index is 1.95. The third-order valence-corrected chi connectivity index (χ3v) is 3.12. The van der Waals surface area contributed by atoms with Gasteiger partial charge in [-0.1, -0.05) is 6.07 Å². The predicted octanol–water partition coefficient (Wildman–Crippen LogP) is 2.10. The van der Waals surface area contributed by atoms with Gasteiger partial charge in [0, 0.05) is 24.2 Å². The lowest BCUT2D eigenvalue weighted by atomic mass is 10.0. The SMILES string of the molecule is Nc1cccc(C(=O)Cc2c[nH]c3ncncc23)c1F. The largest absolute Gasteiger partial charge is 0.396 e. The lowest BCUT2D eigenvalue weighted by molar-refractivity contribution is 0.0989. The number of nitrogens with zero attached hydrogens (tertiary/aromatic N) is 2. The lowest BCUT2D eigenvalue weighted by Crippen LogP contribution is -2.07. The number of halogens is 1. The summed E-state index contributed by atoms with van der Waals surface area (Å²) in [7, 11) is 0. The van der Waals surface area contributed by atoms with Crippen LogP contribution in [-0.2, 0) is 6.42 Å². The average molecular weight is 270 g/mol. The molecule has 100 valence electrons. The fourth-order valence-electron chi connectivity index (χ4n) is 2.09. The summed E-state index contributed by atoms with van der Waals surface area (Å²) in [5.41, 5.74) is 6.81. The van der Waals surface area contributed by atoms with Crippen LogP contribution in [0.4, 0.5) is 10.1 Å². The van der Waals surface area contributed by atoms with Crippen LogP contribution in [0.1, 0.15) is 15.9 Å². The normalized spacial score (nSPS) is 10.8. The molecule has 6 heteroatoms. The molecule has 0 radical (unpaired) electrons. The Hall–Kier alpha value is -2.76. The van der Waals surface area contributed by atoms with E-state index in [2.05, 4.69) is 15.0 Å². The minimum atomic E-state index is -0.673. The second kappa shape index (κ2) is 4.73. The molecule has 2 aromatic heterocycles. The Labute approximate surface area is 113 Å². The number of benzene rings is 1. The molecule has 3 rings (SSSR count). The fraction of sp³-hybridized carbons (Fsp3) is 0.0714. The molecule has 2 heterocycles. The number of hydrogen-bond acceptors (Lipinski definition) is 4. The number of aromatic amines is 1. The van der Waals surface area contributed by atoms with E-state index in [4.69, 9.17) is 5.73 Å². The van der Waals surface area contributed by atoms with Gasteiger partial charge in [0.15, 0.2) is 11.6 Å². The molecule has 5 nitrogen and oxygen atoms in total. The zero-order chi connectivity index (χ0) is 14.1. The van der Waals surface area contributed by atoms with Crippen LogP contribution in [0.3, 0.4) is 0 Å². The highest BCUT2D eigenvalue weighted by Crippen LogP contribution is 2.20. The number of ketones is 1. The lowest BCUT2D eigenvalue weighted by Gasteiger charge is -2.04. The van der Waals surface area contributed by atoms with Crippen molar-refractivity contribution in [3.05, 3.63) is 53.9 Å². The standard InChI is InChI=1S/C14H11FN4O/c15-13-9(2-1-3-11(13)16)12(20)4-8-5-18-14-10(8)6-17-7-19-14/h1-3,5-7H,4,16H2,(H,17,18,19). The number of nitrogen functional groups attached to an aromatic ring is 1. The Morgan fingerprint density at radius 3 is 3.10 bits per heavy atom. The van der Waals surface area contributed by atoms with Crippen molar-refractivity contribution in [2.45, 2.75) is 6.42 Å². The zero-order valence-corrected chi connectivity index (χ0v) is 10.4. The third-order valence-electron chi connectivity index (χ3n) is 3.12. The summed E-state index contributed by atoms with van der Waals surface area (Å²) >= 11 is 0. The topological polar surface area (TPSA) is 84.7 Å². The van der Waals surface area contributed by atoms with Crippen molar-refractivity contribution in [3.63, 3.8) is 0 Å². The summed E-state index contributed by atoms with van der Waals surface area (Å²) in [4.78, 5) is 23.1. The molecule has 0 aliphatic rings. The van der Waals surface area contributed by atoms with Crippen molar-refractivity contribution in [1.82, 2.24) is 15.0 Å². The highest BCUT2D eigenvalue weighted by molar-refractivity contribution is 6.00. The highest BCUT2D eigenvalue weighted by atomic mass is 19.1. The minimum Gasteiger partial charge on any atom is -0.396 e. The van der Waals surface area contributed by atoms with Crippen molar-refractivity contribution in [3.8, 4) is 0 Å². The predicted molar refractivity (Wildman–Crippen MR) is 72.7 cm³/mol. The summed E-state index contributed by atoms with van der Waals surface area (Å²) in [5, 5.41) is 0.755. The van der Waals surface area contributed by atoms with Crippen LogP contribution >= 0.6 is 0 Å². The van der Waals surface area contributed by atoms with Crippen molar-refractivity contribution in [2.75, 3.05) is 5.73 Å². The second-order valence-corrected chi connectivity index (χ2v) is 4.41. The van der Waals surface area contributed by atoms with Gasteiger partial charge in [0.05, 0.1) is 11.3 Å². The van der Waals surface area contributed by atoms with Crippen molar-refractivity contribution in [1.29, 1.82) is 0 Å². The van der Waals surface area contributed by atoms with E-state index in [0.717, 1.165) is 10.9 Å². The number of nitrogens with two attached hydrogens (primary N) is 1. The van der Waals surface area contributed by atoms with Crippen LogP contribution in [0.25, 0.3) is 11.0 Å². The van der Waals surface area contributed by atoms with Gasteiger partial charge >= 0.3 is 0 Å². The summed E-state index contributed by atoms with van der Waals surface area (Å²) < 4.78 is 13.8. The summed E-state index contributed by atoms with van der Waals surface area (Å²) in [6, 6.07) is 4.41. The molecule has 0 saturated heterocycles. The van der Waals surface area contributed by atoms with E-state index in [-0.39, 0.29) is 23.5 Å². The van der Waals surface area contributed by atoms with Crippen LogP contribution < -0.4 is 5.73 Å². The number of rotatable bonds is 3. The van der Waals surface area contributed by atoms with Crippen molar-refractivity contribution < 1.29 is 9.18 Å². The molecular formula is C14H11FN4O. The number of Topliss-reactive ketones (excluding diaryl/α,β-unsaturated/α-hetero) is 1. The van der Waals surface area contributed by atoms with Gasteiger partial charge in [-0.3, -0.25) is 4.79 Å². The van der Waals surface area contributed by atoms with Crippen LogP contribution in [0.2, 0.25) is 0 Å². The first-order chi connectivity index (χ1) is 9.66. The summed E-state index contributed by atoms with van der Waals surface area (Å²) in [6.07, 6.45) is 4.79. The molecule has 3 aromatic rings. The maximum Gasteiger partial charge on any atom is 0.170 e. The van der Waals surface area contributed by atoms with E-state index in [1.807, 2.05) is 0 Å². The number of nitrogens with one attached hydrogen (secondary N) is 1. The van der Waals surface area contributed by atoms with E-state index in [1.165, 1.54) is 18.5 Å². The van der Waals surface area contributed by atoms with Crippen LogP contribution in [-0.4, -0.2) is 20.7 Å². The molecule has 0 amide bonds. The molecule has 0 atom stereocenters. The Bertz CT molecular complexity index is 797. The summed E-state index contributed by atoms with van der Waals surface area (Å²) in [5.74, 6) is -1.01. The molecule has 0 fully saturated rings. The Kier molecular flexibility index (Phi) is 2.90. The molecular weight excluding hydrogens is 259 g/mol. The van der Waals surface area contributed by atoms with Gasteiger partial charge in [-0.25, -0.2) is 14.4 Å². The van der Waals surface area contributed by atoms with Crippen LogP contribution in [0.15, 0.2) is 36.9 Å². The van der Waals surface area contributed by atoms with Gasteiger partial charge in [-0.05, 0) is 17.7 Å². The highest BCUT2D eigenvalue weighted by Gasteiger charge is 2.16. The van der Waals surface area contributed by atoms with Crippen molar-refractivity contribution in [2.24, 2.45) is 0 Å². The van der Waals surface area contributed by atoms with Crippen LogP contribution in [0, 0.1) is 5.82 Å². The van der Waals surface area contributed by atoms with Gasteiger partial charge in [-0.15, -0.1) is 0 Å². The van der Waals surface area contributed by atoms with E-state index >= 15 is 0 Å². The van der Waals surface area contributed by atoms with Gasteiger partial charge in [0.1, 0.15) is 12.0 Å². The van der Waals surface area contributed by atoms with Crippen molar-refractivity contribution >= 4 is 22.5 Å². The van der Waals surface area contributed by atoms with Gasteiger partial charge in [-0.2, -0.15) is 0 Å². The Morgan fingerprint density at radius 2 is 2.25 bits per heavy atom. The van der Waals surface area contributed by atoms with E-state index in [0.29, 0.717) is 5.65 Å². The number of carbonyl (C=O) groups excluding carboxylic acids is 1. The van der Waals surface area contributed by atoms with E-state index in [9.17, 15) is 9.18 Å². The Morgan fingerprint density at radius 1 is 1.40 bits per heavy atom. The van der Waals surface area contributed by atoms with Crippen LogP contribution in [0.5, 0.6) is 0 Å². The number of hydrogen-bond donors (Lipinski definition) is 2. The monoisotopic (exact) mass is 270 g/mol. The number of fused-ring (bicyclic) bond motifs is 1. The molecule has 3 N–H and O–H groups in total. The summed E-state index contributed by atoms with van der Waals surface area (Å²) in [6.45, 7) is 0. The molecule has 0 unspecified atom stereocenters. The third kappa shape index (κ3) is 2.01. The first-order valence-electron chi connectivity index (χ1n) is 6.00. The molecule has 0 aliphatic carbocycles. The first kappa shape index (κ1) is 12.3. The molecule has 0 saturated carbocycles. The maximum absolute atomic E-state index is 13.8.